The first kappa shape index (κ1) is 16.9. The molecule has 0 saturated heterocycles. The normalized spacial score (nSPS) is 10.9. The predicted octanol–water partition coefficient (Wildman–Crippen LogP) is 2.90. The van der Waals surface area contributed by atoms with Crippen LogP contribution in [-0.4, -0.2) is 43.6 Å². The highest BCUT2D eigenvalue weighted by molar-refractivity contribution is 5.54. The monoisotopic (exact) mass is 315 g/mol. The highest BCUT2D eigenvalue weighted by Gasteiger charge is 2.05. The molecular weight excluding hydrogens is 294 g/mol. The fraction of sp³-hybridized carbons (Fsp3) is 0.294. The Hall–Kier alpha value is -2.44. The molecule has 0 bridgehead atoms. The maximum absolute atomic E-state index is 9.07. The van der Waals surface area contributed by atoms with Crippen molar-refractivity contribution in [2.75, 3.05) is 38.3 Å². The van der Waals surface area contributed by atoms with Crippen molar-refractivity contribution in [3.8, 4) is 5.75 Å². The third kappa shape index (κ3) is 4.77. The van der Waals surface area contributed by atoms with Crippen molar-refractivity contribution >= 4 is 17.1 Å². The van der Waals surface area contributed by atoms with Gasteiger partial charge in [0.25, 0.3) is 0 Å². The zero-order valence-electron chi connectivity index (χ0n) is 13.1. The van der Waals surface area contributed by atoms with Gasteiger partial charge in [0.2, 0.25) is 0 Å². The van der Waals surface area contributed by atoms with Crippen LogP contribution in [0.15, 0.2) is 58.8 Å². The Morgan fingerprint density at radius 3 is 2.17 bits per heavy atom. The Morgan fingerprint density at radius 2 is 1.57 bits per heavy atom. The maximum atomic E-state index is 9.07. The van der Waals surface area contributed by atoms with Gasteiger partial charge in [-0.2, -0.15) is 5.11 Å². The third-order valence-corrected chi connectivity index (χ3v) is 3.31. The Labute approximate surface area is 135 Å². The predicted molar refractivity (Wildman–Crippen MR) is 90.0 cm³/mol. The standard InChI is InChI=1S/C17H21N3O3/c1-23-17-5-3-2-4-16(17)19-18-14-6-8-15(9-7-14)20(10-12-21)11-13-22/h2-9,21-22H,10-13H2,1H3. The number of aliphatic hydroxyl groups is 2. The molecule has 0 atom stereocenters. The molecule has 122 valence electrons. The molecule has 2 aromatic rings. The van der Waals surface area contributed by atoms with E-state index in [0.717, 1.165) is 5.69 Å². The van der Waals surface area contributed by atoms with Crippen LogP contribution in [0.3, 0.4) is 0 Å². The van der Waals surface area contributed by atoms with Crippen LogP contribution in [0.4, 0.5) is 17.1 Å². The first-order valence-corrected chi connectivity index (χ1v) is 7.40. The van der Waals surface area contributed by atoms with Gasteiger partial charge in [0.1, 0.15) is 11.4 Å². The molecule has 2 rings (SSSR count). The van der Waals surface area contributed by atoms with E-state index in [9.17, 15) is 0 Å². The number of rotatable bonds is 8. The zero-order chi connectivity index (χ0) is 16.5. The van der Waals surface area contributed by atoms with Gasteiger partial charge in [0.15, 0.2) is 0 Å². The minimum absolute atomic E-state index is 0.0370. The molecule has 2 N–H and O–H groups in total. The lowest BCUT2D eigenvalue weighted by molar-refractivity contribution is 0.281. The molecule has 0 unspecified atom stereocenters. The molecule has 0 aliphatic carbocycles. The van der Waals surface area contributed by atoms with Crippen LogP contribution in [0, 0.1) is 0 Å². The second kappa shape index (κ2) is 8.87. The summed E-state index contributed by atoms with van der Waals surface area (Å²) in [6.07, 6.45) is 0. The van der Waals surface area contributed by atoms with E-state index in [1.165, 1.54) is 0 Å². The van der Waals surface area contributed by atoms with Crippen molar-refractivity contribution in [1.29, 1.82) is 0 Å². The van der Waals surface area contributed by atoms with E-state index in [0.29, 0.717) is 30.2 Å². The molecule has 0 saturated carbocycles. The van der Waals surface area contributed by atoms with Crippen molar-refractivity contribution in [2.24, 2.45) is 10.2 Å². The summed E-state index contributed by atoms with van der Waals surface area (Å²) in [4.78, 5) is 1.90. The minimum Gasteiger partial charge on any atom is -0.494 e. The van der Waals surface area contributed by atoms with Crippen LogP contribution in [0.1, 0.15) is 0 Å². The van der Waals surface area contributed by atoms with Gasteiger partial charge in [-0.25, -0.2) is 0 Å². The molecule has 6 heteroatoms. The first-order valence-electron chi connectivity index (χ1n) is 7.40. The molecule has 0 aliphatic heterocycles. The largest absolute Gasteiger partial charge is 0.494 e. The molecule has 0 fully saturated rings. The van der Waals surface area contributed by atoms with E-state index < -0.39 is 0 Å². The highest BCUT2D eigenvalue weighted by atomic mass is 16.5. The van der Waals surface area contributed by atoms with Crippen LogP contribution in [-0.2, 0) is 0 Å². The lowest BCUT2D eigenvalue weighted by Gasteiger charge is -2.22. The molecule has 0 heterocycles. The molecule has 6 nitrogen and oxygen atoms in total. The SMILES string of the molecule is COc1ccccc1N=Nc1ccc(N(CCO)CCO)cc1. The molecule has 0 aromatic heterocycles. The smallest absolute Gasteiger partial charge is 0.146 e. The van der Waals surface area contributed by atoms with E-state index in [2.05, 4.69) is 10.2 Å². The van der Waals surface area contributed by atoms with E-state index in [1.807, 2.05) is 53.4 Å². The van der Waals surface area contributed by atoms with Gasteiger partial charge in [-0.3, -0.25) is 0 Å². The second-order valence-electron chi connectivity index (χ2n) is 4.82. The molecule has 0 radical (unpaired) electrons. The fourth-order valence-electron chi connectivity index (χ4n) is 2.17. The summed E-state index contributed by atoms with van der Waals surface area (Å²) in [6, 6.07) is 14.9. The lowest BCUT2D eigenvalue weighted by Crippen LogP contribution is -2.29. The second-order valence-corrected chi connectivity index (χ2v) is 4.82. The molecular formula is C17H21N3O3. The van der Waals surface area contributed by atoms with E-state index >= 15 is 0 Å². The van der Waals surface area contributed by atoms with Crippen LogP contribution in [0.5, 0.6) is 5.75 Å². The number of methoxy groups -OCH3 is 1. The van der Waals surface area contributed by atoms with Crippen molar-refractivity contribution < 1.29 is 14.9 Å². The van der Waals surface area contributed by atoms with Crippen molar-refractivity contribution in [2.45, 2.75) is 0 Å². The van der Waals surface area contributed by atoms with Crippen LogP contribution < -0.4 is 9.64 Å². The van der Waals surface area contributed by atoms with Gasteiger partial charge in [-0.15, -0.1) is 5.11 Å². The Kier molecular flexibility index (Phi) is 6.53. The van der Waals surface area contributed by atoms with Gasteiger partial charge in [0.05, 0.1) is 26.0 Å². The zero-order valence-corrected chi connectivity index (χ0v) is 13.1. The highest BCUT2D eigenvalue weighted by Crippen LogP contribution is 2.28. The number of para-hydroxylation sites is 1. The summed E-state index contributed by atoms with van der Waals surface area (Å²) in [5.74, 6) is 0.671. The number of anilines is 1. The summed E-state index contributed by atoms with van der Waals surface area (Å²) in [7, 11) is 1.60. The van der Waals surface area contributed by atoms with Crippen molar-refractivity contribution in [1.82, 2.24) is 0 Å². The lowest BCUT2D eigenvalue weighted by atomic mass is 10.2. The molecule has 2 aromatic carbocycles. The Bertz CT molecular complexity index is 623. The average Bonchev–Trinajstić information content (AvgIpc) is 2.60. The summed E-state index contributed by atoms with van der Waals surface area (Å²) < 4.78 is 5.23. The number of benzene rings is 2. The number of azo groups is 1. The summed E-state index contributed by atoms with van der Waals surface area (Å²) in [6.45, 7) is 1.02. The first-order chi connectivity index (χ1) is 11.3. The summed E-state index contributed by atoms with van der Waals surface area (Å²) in [5.41, 5.74) is 2.30. The number of hydrogen-bond donors (Lipinski definition) is 2. The summed E-state index contributed by atoms with van der Waals surface area (Å²) in [5, 5.41) is 26.5. The number of nitrogens with zero attached hydrogens (tertiary/aromatic N) is 3. The van der Waals surface area contributed by atoms with E-state index in [1.54, 1.807) is 7.11 Å². The number of aliphatic hydroxyl groups excluding tert-OH is 2. The quantitative estimate of drug-likeness (QED) is 0.734. The van der Waals surface area contributed by atoms with Crippen molar-refractivity contribution in [3.63, 3.8) is 0 Å². The van der Waals surface area contributed by atoms with Gasteiger partial charge in [-0.05, 0) is 36.4 Å². The Balaban J connectivity index is 2.11. The van der Waals surface area contributed by atoms with Crippen LogP contribution in [0.25, 0.3) is 0 Å². The van der Waals surface area contributed by atoms with Gasteiger partial charge < -0.3 is 19.8 Å². The van der Waals surface area contributed by atoms with E-state index in [-0.39, 0.29) is 13.2 Å². The average molecular weight is 315 g/mol. The van der Waals surface area contributed by atoms with Crippen LogP contribution in [0.2, 0.25) is 0 Å². The number of ether oxygens (including phenoxy) is 1. The molecule has 23 heavy (non-hydrogen) atoms. The topological polar surface area (TPSA) is 77.7 Å². The van der Waals surface area contributed by atoms with E-state index in [4.69, 9.17) is 14.9 Å². The Morgan fingerprint density at radius 1 is 0.913 bits per heavy atom. The maximum Gasteiger partial charge on any atom is 0.146 e. The van der Waals surface area contributed by atoms with Gasteiger partial charge in [0, 0.05) is 18.8 Å². The number of hydrogen-bond acceptors (Lipinski definition) is 6. The molecule has 0 aliphatic rings. The summed E-state index contributed by atoms with van der Waals surface area (Å²) >= 11 is 0. The van der Waals surface area contributed by atoms with Gasteiger partial charge >= 0.3 is 0 Å². The van der Waals surface area contributed by atoms with Gasteiger partial charge in [-0.1, -0.05) is 12.1 Å². The van der Waals surface area contributed by atoms with Crippen LogP contribution >= 0.6 is 0 Å². The molecule has 0 spiro atoms. The minimum atomic E-state index is 0.0370. The fourth-order valence-corrected chi connectivity index (χ4v) is 2.17. The van der Waals surface area contributed by atoms with Crippen molar-refractivity contribution in [3.05, 3.63) is 48.5 Å². The third-order valence-electron chi connectivity index (χ3n) is 3.31. The molecule has 0 amide bonds.